The van der Waals surface area contributed by atoms with Gasteiger partial charge in [-0.1, -0.05) is 22.9 Å². The zero-order valence-electron chi connectivity index (χ0n) is 7.08. The van der Waals surface area contributed by atoms with Gasteiger partial charge >= 0.3 is 5.97 Å². The number of rotatable bonds is 2. The van der Waals surface area contributed by atoms with Crippen LogP contribution in [0.4, 0.5) is 0 Å². The Morgan fingerprint density at radius 1 is 1.62 bits per heavy atom. The van der Waals surface area contributed by atoms with Crippen molar-refractivity contribution in [2.75, 3.05) is 0 Å². The molecule has 0 aliphatic rings. The Morgan fingerprint density at radius 2 is 2.31 bits per heavy atom. The summed E-state index contributed by atoms with van der Waals surface area (Å²) in [7, 11) is 0. The Balaban J connectivity index is 2.87. The van der Waals surface area contributed by atoms with E-state index >= 15 is 0 Å². The van der Waals surface area contributed by atoms with Crippen LogP contribution in [-0.4, -0.2) is 11.1 Å². The molecular weight excluding hydrogens is 236 g/mol. The van der Waals surface area contributed by atoms with Gasteiger partial charge in [-0.2, -0.15) is 0 Å². The lowest BCUT2D eigenvalue weighted by molar-refractivity contribution is -0.134. The van der Waals surface area contributed by atoms with Crippen molar-refractivity contribution in [1.82, 2.24) is 0 Å². The van der Waals surface area contributed by atoms with Crippen LogP contribution in [0.1, 0.15) is 13.3 Å². The van der Waals surface area contributed by atoms with Gasteiger partial charge < -0.3 is 9.84 Å². The number of carbonyl (C=O) groups excluding carboxylic acids is 1. The van der Waals surface area contributed by atoms with Crippen molar-refractivity contribution in [3.05, 3.63) is 22.7 Å². The lowest BCUT2D eigenvalue weighted by Crippen LogP contribution is -2.05. The van der Waals surface area contributed by atoms with Crippen LogP contribution in [0.5, 0.6) is 11.5 Å². The highest BCUT2D eigenvalue weighted by Crippen LogP contribution is 2.29. The van der Waals surface area contributed by atoms with Crippen molar-refractivity contribution in [3.63, 3.8) is 0 Å². The summed E-state index contributed by atoms with van der Waals surface area (Å²) in [5.74, 6) is -0.223. The van der Waals surface area contributed by atoms with E-state index < -0.39 is 0 Å². The van der Waals surface area contributed by atoms with E-state index in [1.54, 1.807) is 19.1 Å². The van der Waals surface area contributed by atoms with Crippen molar-refractivity contribution in [2.24, 2.45) is 0 Å². The number of hydrogen-bond donors (Lipinski definition) is 1. The van der Waals surface area contributed by atoms with Crippen LogP contribution in [0.3, 0.4) is 0 Å². The van der Waals surface area contributed by atoms with Crippen molar-refractivity contribution < 1.29 is 14.6 Å². The molecule has 0 aromatic heterocycles. The average Bonchev–Trinajstić information content (AvgIpc) is 2.11. The van der Waals surface area contributed by atoms with Gasteiger partial charge in [-0.3, -0.25) is 4.79 Å². The predicted molar refractivity (Wildman–Crippen MR) is 51.7 cm³/mol. The summed E-state index contributed by atoms with van der Waals surface area (Å²) in [5.41, 5.74) is 0. The van der Waals surface area contributed by atoms with E-state index in [4.69, 9.17) is 4.74 Å². The van der Waals surface area contributed by atoms with E-state index in [9.17, 15) is 9.90 Å². The van der Waals surface area contributed by atoms with Gasteiger partial charge in [0, 0.05) is 10.9 Å². The normalized spacial score (nSPS) is 9.69. The number of phenolic OH excluding ortho intramolecular Hbond substituents is 1. The highest BCUT2D eigenvalue weighted by molar-refractivity contribution is 9.10. The predicted octanol–water partition coefficient (Wildman–Crippen LogP) is 2.47. The minimum atomic E-state index is -0.367. The Hall–Kier alpha value is -1.03. The van der Waals surface area contributed by atoms with Crippen LogP contribution in [0.25, 0.3) is 0 Å². The molecule has 1 aromatic rings. The molecule has 0 aliphatic heterocycles. The SMILES string of the molecule is CCC(=O)Oc1cc(Br)ccc1O. The summed E-state index contributed by atoms with van der Waals surface area (Å²) in [6, 6.07) is 4.67. The van der Waals surface area contributed by atoms with E-state index in [-0.39, 0.29) is 23.9 Å². The molecule has 0 fully saturated rings. The van der Waals surface area contributed by atoms with Crippen molar-refractivity contribution >= 4 is 21.9 Å². The van der Waals surface area contributed by atoms with Gasteiger partial charge in [0.1, 0.15) is 0 Å². The molecule has 4 heteroatoms. The minimum Gasteiger partial charge on any atom is -0.504 e. The first-order valence-electron chi connectivity index (χ1n) is 3.82. The maximum absolute atomic E-state index is 10.9. The summed E-state index contributed by atoms with van der Waals surface area (Å²) in [6.07, 6.45) is 0.284. The van der Waals surface area contributed by atoms with Crippen LogP contribution in [-0.2, 0) is 4.79 Å². The standard InChI is InChI=1S/C9H9BrO3/c1-2-9(12)13-8-5-6(10)3-4-7(8)11/h3-5,11H,2H2,1H3. The van der Waals surface area contributed by atoms with Gasteiger partial charge in [0.25, 0.3) is 0 Å². The van der Waals surface area contributed by atoms with Crippen molar-refractivity contribution in [1.29, 1.82) is 0 Å². The zero-order valence-corrected chi connectivity index (χ0v) is 8.67. The van der Waals surface area contributed by atoms with E-state index in [0.29, 0.717) is 0 Å². The van der Waals surface area contributed by atoms with Crippen LogP contribution in [0.2, 0.25) is 0 Å². The van der Waals surface area contributed by atoms with Gasteiger partial charge in [0.15, 0.2) is 11.5 Å². The molecule has 1 rings (SSSR count). The summed E-state index contributed by atoms with van der Waals surface area (Å²) < 4.78 is 5.61. The Kier molecular flexibility index (Phi) is 3.31. The Morgan fingerprint density at radius 3 is 2.92 bits per heavy atom. The highest BCUT2D eigenvalue weighted by Gasteiger charge is 2.06. The van der Waals surface area contributed by atoms with Gasteiger partial charge in [-0.15, -0.1) is 0 Å². The van der Waals surface area contributed by atoms with E-state index in [1.807, 2.05) is 0 Å². The molecule has 70 valence electrons. The molecule has 0 unspecified atom stereocenters. The monoisotopic (exact) mass is 244 g/mol. The molecule has 13 heavy (non-hydrogen) atoms. The first-order valence-corrected chi connectivity index (χ1v) is 4.62. The first-order chi connectivity index (χ1) is 6.13. The molecule has 0 spiro atoms. The molecule has 1 N–H and O–H groups in total. The second-order valence-corrected chi connectivity index (χ2v) is 3.36. The maximum Gasteiger partial charge on any atom is 0.311 e. The van der Waals surface area contributed by atoms with Crippen LogP contribution >= 0.6 is 15.9 Å². The topological polar surface area (TPSA) is 46.5 Å². The van der Waals surface area contributed by atoms with Gasteiger partial charge in [-0.25, -0.2) is 0 Å². The Bertz CT molecular complexity index is 323. The number of esters is 1. The van der Waals surface area contributed by atoms with Crippen LogP contribution in [0.15, 0.2) is 22.7 Å². The quantitative estimate of drug-likeness (QED) is 0.643. The number of hydrogen-bond acceptors (Lipinski definition) is 3. The number of carbonyl (C=O) groups is 1. The lowest BCUT2D eigenvalue weighted by atomic mass is 10.3. The number of aromatic hydroxyl groups is 1. The fourth-order valence-electron chi connectivity index (χ4n) is 0.765. The van der Waals surface area contributed by atoms with Crippen LogP contribution < -0.4 is 4.74 Å². The number of halogens is 1. The van der Waals surface area contributed by atoms with Crippen molar-refractivity contribution in [3.8, 4) is 11.5 Å². The summed E-state index contributed by atoms with van der Waals surface area (Å²) in [5, 5.41) is 9.28. The molecular formula is C9H9BrO3. The third-order valence-corrected chi connectivity index (χ3v) is 1.93. The maximum atomic E-state index is 10.9. The van der Waals surface area contributed by atoms with E-state index in [2.05, 4.69) is 15.9 Å². The largest absolute Gasteiger partial charge is 0.504 e. The minimum absolute atomic E-state index is 0.0370. The smallest absolute Gasteiger partial charge is 0.311 e. The third kappa shape index (κ3) is 2.73. The molecule has 0 atom stereocenters. The fourth-order valence-corrected chi connectivity index (χ4v) is 1.10. The molecule has 0 saturated heterocycles. The molecule has 0 radical (unpaired) electrons. The van der Waals surface area contributed by atoms with Gasteiger partial charge in [-0.05, 0) is 18.2 Å². The van der Waals surface area contributed by atoms with E-state index in [1.165, 1.54) is 6.07 Å². The second kappa shape index (κ2) is 4.28. The molecule has 0 heterocycles. The summed E-state index contributed by atoms with van der Waals surface area (Å²) >= 11 is 3.21. The Labute approximate surface area is 84.5 Å². The lowest BCUT2D eigenvalue weighted by Gasteiger charge is -2.04. The third-order valence-electron chi connectivity index (χ3n) is 1.43. The molecule has 0 amide bonds. The summed E-state index contributed by atoms with van der Waals surface area (Å²) in [4.78, 5) is 10.9. The zero-order chi connectivity index (χ0) is 9.84. The molecule has 0 saturated carbocycles. The highest BCUT2D eigenvalue weighted by atomic mass is 79.9. The first kappa shape index (κ1) is 10.1. The molecule has 3 nitrogen and oxygen atoms in total. The number of phenols is 1. The molecule has 1 aromatic carbocycles. The van der Waals surface area contributed by atoms with Crippen molar-refractivity contribution in [2.45, 2.75) is 13.3 Å². The van der Waals surface area contributed by atoms with Crippen LogP contribution in [0, 0.1) is 0 Å². The second-order valence-electron chi connectivity index (χ2n) is 2.44. The summed E-state index contributed by atoms with van der Waals surface area (Å²) in [6.45, 7) is 1.69. The molecule has 0 bridgehead atoms. The molecule has 0 aliphatic carbocycles. The fraction of sp³-hybridized carbons (Fsp3) is 0.222. The average molecular weight is 245 g/mol. The number of benzene rings is 1. The van der Waals surface area contributed by atoms with Gasteiger partial charge in [0.05, 0.1) is 0 Å². The number of ether oxygens (including phenoxy) is 1. The van der Waals surface area contributed by atoms with E-state index in [0.717, 1.165) is 4.47 Å². The van der Waals surface area contributed by atoms with Gasteiger partial charge in [0.2, 0.25) is 0 Å².